The van der Waals surface area contributed by atoms with Gasteiger partial charge in [0, 0.05) is 11.3 Å². The molecule has 0 aromatic heterocycles. The molecule has 3 N–H and O–H groups in total. The molecule has 188 valence electrons. The SMILES string of the molecule is NC(=NC=Nc1ccc(OC(F)(F)F)cc1)c1ccc(NC(=O)Oc2ccc(C(F)(F)F)cc2)cc1. The number of hydrogen-bond donors (Lipinski definition) is 2. The number of nitrogens with two attached hydrogens (primary N) is 1. The van der Waals surface area contributed by atoms with Gasteiger partial charge in [-0.1, -0.05) is 0 Å². The maximum absolute atomic E-state index is 12.6. The number of halogens is 6. The van der Waals surface area contributed by atoms with E-state index in [9.17, 15) is 31.1 Å². The molecule has 0 spiro atoms. The van der Waals surface area contributed by atoms with Crippen LogP contribution in [0.5, 0.6) is 11.5 Å². The van der Waals surface area contributed by atoms with E-state index in [0.717, 1.165) is 42.7 Å². The van der Waals surface area contributed by atoms with Gasteiger partial charge in [-0.05, 0) is 72.8 Å². The zero-order chi connectivity index (χ0) is 26.3. The Morgan fingerprint density at radius 2 is 1.42 bits per heavy atom. The Morgan fingerprint density at radius 3 is 1.97 bits per heavy atom. The van der Waals surface area contributed by atoms with Crippen LogP contribution in [0.15, 0.2) is 82.8 Å². The van der Waals surface area contributed by atoms with E-state index in [1.807, 2.05) is 0 Å². The highest BCUT2D eigenvalue weighted by atomic mass is 19.4. The number of carbonyl (C=O) groups is 1. The second kappa shape index (κ2) is 10.8. The van der Waals surface area contributed by atoms with Crippen molar-refractivity contribution < 1.29 is 40.6 Å². The fraction of sp³-hybridized carbons (Fsp3) is 0.0870. The maximum Gasteiger partial charge on any atom is 0.573 e. The zero-order valence-corrected chi connectivity index (χ0v) is 18.0. The Balaban J connectivity index is 1.54. The van der Waals surface area contributed by atoms with E-state index >= 15 is 0 Å². The number of hydrogen-bond acceptors (Lipinski definition) is 4. The lowest BCUT2D eigenvalue weighted by molar-refractivity contribution is -0.274. The van der Waals surface area contributed by atoms with Gasteiger partial charge in [0.2, 0.25) is 0 Å². The van der Waals surface area contributed by atoms with Crippen LogP contribution in [-0.2, 0) is 6.18 Å². The molecule has 0 saturated heterocycles. The number of amides is 1. The first-order chi connectivity index (χ1) is 16.9. The van der Waals surface area contributed by atoms with Crippen molar-refractivity contribution in [1.29, 1.82) is 0 Å². The summed E-state index contributed by atoms with van der Waals surface area (Å²) >= 11 is 0. The maximum atomic E-state index is 12.6. The highest BCUT2D eigenvalue weighted by Gasteiger charge is 2.31. The number of nitrogens with one attached hydrogen (secondary N) is 1. The molecule has 0 radical (unpaired) electrons. The topological polar surface area (TPSA) is 98.3 Å². The summed E-state index contributed by atoms with van der Waals surface area (Å²) in [5, 5.41) is 2.41. The first kappa shape index (κ1) is 26.1. The Morgan fingerprint density at radius 1 is 0.833 bits per heavy atom. The minimum atomic E-state index is -4.79. The third-order valence-electron chi connectivity index (χ3n) is 4.29. The van der Waals surface area contributed by atoms with Crippen molar-refractivity contribution in [1.82, 2.24) is 0 Å². The molecule has 3 rings (SSSR count). The van der Waals surface area contributed by atoms with Gasteiger partial charge in [0.15, 0.2) is 0 Å². The van der Waals surface area contributed by atoms with Crippen LogP contribution < -0.4 is 20.5 Å². The number of nitrogens with zero attached hydrogens (tertiary/aromatic N) is 2. The van der Waals surface area contributed by atoms with Crippen molar-refractivity contribution in [2.24, 2.45) is 15.7 Å². The normalized spacial score (nSPS) is 12.4. The Kier molecular flexibility index (Phi) is 7.82. The third kappa shape index (κ3) is 8.04. The monoisotopic (exact) mass is 510 g/mol. The number of rotatable bonds is 6. The highest BCUT2D eigenvalue weighted by molar-refractivity contribution is 6.01. The van der Waals surface area contributed by atoms with Crippen LogP contribution in [0, 0.1) is 0 Å². The van der Waals surface area contributed by atoms with Crippen molar-refractivity contribution in [2.45, 2.75) is 12.5 Å². The molecule has 0 fully saturated rings. The molecule has 7 nitrogen and oxygen atoms in total. The molecule has 3 aromatic carbocycles. The number of aliphatic imine (C=N–C) groups is 2. The van der Waals surface area contributed by atoms with E-state index in [1.54, 1.807) is 0 Å². The van der Waals surface area contributed by atoms with E-state index in [0.29, 0.717) is 16.9 Å². The largest absolute Gasteiger partial charge is 0.573 e. The van der Waals surface area contributed by atoms with Crippen molar-refractivity contribution in [2.75, 3.05) is 5.32 Å². The second-order valence-corrected chi connectivity index (χ2v) is 6.91. The number of ether oxygens (including phenoxy) is 2. The summed E-state index contributed by atoms with van der Waals surface area (Å²) in [6.07, 6.45) is -9.09. The van der Waals surface area contributed by atoms with Crippen molar-refractivity contribution in [3.8, 4) is 11.5 Å². The quantitative estimate of drug-likeness (QED) is 0.232. The van der Waals surface area contributed by atoms with Crippen molar-refractivity contribution in [3.05, 3.63) is 83.9 Å². The van der Waals surface area contributed by atoms with Gasteiger partial charge in [-0.15, -0.1) is 13.2 Å². The number of benzene rings is 3. The van der Waals surface area contributed by atoms with Gasteiger partial charge in [0.05, 0.1) is 11.3 Å². The Labute approximate surface area is 199 Å². The molecule has 0 aliphatic heterocycles. The summed E-state index contributed by atoms with van der Waals surface area (Å²) in [7, 11) is 0. The van der Waals surface area contributed by atoms with Gasteiger partial charge in [-0.2, -0.15) is 13.2 Å². The van der Waals surface area contributed by atoms with Crippen molar-refractivity contribution in [3.63, 3.8) is 0 Å². The van der Waals surface area contributed by atoms with E-state index in [-0.39, 0.29) is 17.3 Å². The number of carbonyl (C=O) groups excluding carboxylic acids is 1. The first-order valence-electron chi connectivity index (χ1n) is 9.87. The molecule has 0 heterocycles. The Hall–Kier alpha value is -4.55. The van der Waals surface area contributed by atoms with E-state index in [1.165, 1.54) is 36.4 Å². The summed E-state index contributed by atoms with van der Waals surface area (Å²) in [5.74, 6) is -0.397. The molecule has 0 atom stereocenters. The fourth-order valence-electron chi connectivity index (χ4n) is 2.65. The number of amidine groups is 1. The lowest BCUT2D eigenvalue weighted by Gasteiger charge is -2.09. The predicted octanol–water partition coefficient (Wildman–Crippen LogP) is 6.28. The molecule has 0 bridgehead atoms. The van der Waals surface area contributed by atoms with Crippen LogP contribution in [0.1, 0.15) is 11.1 Å². The van der Waals surface area contributed by atoms with Gasteiger partial charge in [0.25, 0.3) is 0 Å². The molecule has 0 aliphatic rings. The van der Waals surface area contributed by atoms with Crippen LogP contribution in [0.25, 0.3) is 0 Å². The molecular weight excluding hydrogens is 494 g/mol. The van der Waals surface area contributed by atoms with Crippen LogP contribution >= 0.6 is 0 Å². The molecule has 13 heteroatoms. The third-order valence-corrected chi connectivity index (χ3v) is 4.29. The van der Waals surface area contributed by atoms with E-state index < -0.39 is 24.2 Å². The molecule has 0 aliphatic carbocycles. The van der Waals surface area contributed by atoms with Gasteiger partial charge >= 0.3 is 18.6 Å². The van der Waals surface area contributed by atoms with E-state index in [2.05, 4.69) is 20.0 Å². The summed E-state index contributed by atoms with van der Waals surface area (Å²) in [6.45, 7) is 0. The van der Waals surface area contributed by atoms with Gasteiger partial charge in [-0.25, -0.2) is 14.8 Å². The first-order valence-corrected chi connectivity index (χ1v) is 9.87. The second-order valence-electron chi connectivity index (χ2n) is 6.91. The standard InChI is InChI=1S/C23H16F6N4O3/c24-22(25,26)15-3-9-18(10-4-15)35-21(34)33-17-5-1-14(2-6-17)20(30)32-13-31-16-7-11-19(12-8-16)36-23(27,28)29/h1-13H,(H,33,34)(H2,30,31,32). The van der Waals surface area contributed by atoms with Crippen LogP contribution in [0.3, 0.4) is 0 Å². The summed E-state index contributed by atoms with van der Waals surface area (Å²) in [5.41, 5.74) is 6.10. The van der Waals surface area contributed by atoms with Gasteiger partial charge in [-0.3, -0.25) is 5.32 Å². The lowest BCUT2D eigenvalue weighted by atomic mass is 10.2. The number of alkyl halides is 6. The smallest absolute Gasteiger partial charge is 0.410 e. The minimum Gasteiger partial charge on any atom is -0.410 e. The highest BCUT2D eigenvalue weighted by Crippen LogP contribution is 2.30. The Bertz CT molecular complexity index is 1240. The average molecular weight is 510 g/mol. The number of anilines is 1. The molecule has 3 aromatic rings. The molecular formula is C23H16F6N4O3. The van der Waals surface area contributed by atoms with Crippen LogP contribution in [-0.4, -0.2) is 24.6 Å². The molecule has 1 amide bonds. The van der Waals surface area contributed by atoms with E-state index in [4.69, 9.17) is 10.5 Å². The summed E-state index contributed by atoms with van der Waals surface area (Å²) in [6, 6.07) is 14.5. The molecule has 36 heavy (non-hydrogen) atoms. The summed E-state index contributed by atoms with van der Waals surface area (Å²) in [4.78, 5) is 19.9. The molecule has 0 saturated carbocycles. The van der Waals surface area contributed by atoms with Gasteiger partial charge in [0.1, 0.15) is 23.7 Å². The zero-order valence-electron chi connectivity index (χ0n) is 18.0. The van der Waals surface area contributed by atoms with Crippen LogP contribution in [0.2, 0.25) is 0 Å². The lowest BCUT2D eigenvalue weighted by Crippen LogP contribution is -2.17. The molecule has 0 unspecified atom stereocenters. The fourth-order valence-corrected chi connectivity index (χ4v) is 2.65. The van der Waals surface area contributed by atoms with Crippen LogP contribution in [0.4, 0.5) is 42.5 Å². The minimum absolute atomic E-state index is 0.0645. The van der Waals surface area contributed by atoms with Gasteiger partial charge < -0.3 is 15.2 Å². The predicted molar refractivity (Wildman–Crippen MR) is 120 cm³/mol. The average Bonchev–Trinajstić information content (AvgIpc) is 2.79. The van der Waals surface area contributed by atoms with Crippen molar-refractivity contribution >= 4 is 29.6 Å². The summed E-state index contributed by atoms with van der Waals surface area (Å²) < 4.78 is 83.0.